The first-order valence-electron chi connectivity index (χ1n) is 12.5. The number of fused-ring (bicyclic) bond motifs is 4. The minimum atomic E-state index is -0.462. The summed E-state index contributed by atoms with van der Waals surface area (Å²) in [6.07, 6.45) is 8.15. The van der Waals surface area contributed by atoms with Crippen molar-refractivity contribution in [2.75, 3.05) is 44.2 Å². The first-order chi connectivity index (χ1) is 17.5. The Hall–Kier alpha value is -3.68. The van der Waals surface area contributed by atoms with Crippen molar-refractivity contribution >= 4 is 17.7 Å². The molecule has 4 saturated heterocycles. The molecule has 5 fully saturated rings. The summed E-state index contributed by atoms with van der Waals surface area (Å²) >= 11 is 0. The highest BCUT2D eigenvalue weighted by Gasteiger charge is 2.58. The summed E-state index contributed by atoms with van der Waals surface area (Å²) in [6.45, 7) is 4.51. The number of nitriles is 1. The van der Waals surface area contributed by atoms with Gasteiger partial charge in [0.05, 0.1) is 41.2 Å². The predicted molar refractivity (Wildman–Crippen MR) is 130 cm³/mol. The van der Waals surface area contributed by atoms with Gasteiger partial charge in [-0.25, -0.2) is 9.50 Å². The van der Waals surface area contributed by atoms with E-state index in [0.29, 0.717) is 23.8 Å². The molecule has 0 aromatic carbocycles. The lowest BCUT2D eigenvalue weighted by Crippen LogP contribution is -2.68. The van der Waals surface area contributed by atoms with Crippen molar-refractivity contribution in [3.63, 3.8) is 0 Å². The van der Waals surface area contributed by atoms with Crippen LogP contribution < -0.4 is 9.64 Å². The maximum Gasteiger partial charge on any atom is 0.210 e. The number of β-amino-alcohol motifs (C(OH)–C–C–N with tert-alkyl or cyclic N) is 1. The average molecular weight is 486 g/mol. The lowest BCUT2D eigenvalue weighted by molar-refractivity contribution is -0.131. The number of likely N-dealkylation sites (tertiary alicyclic amines) is 1. The van der Waals surface area contributed by atoms with E-state index in [1.54, 1.807) is 16.9 Å². The molecule has 4 aliphatic heterocycles. The van der Waals surface area contributed by atoms with Crippen LogP contribution in [0.1, 0.15) is 18.4 Å². The predicted octanol–water partition coefficient (Wildman–Crippen LogP) is 1.13. The number of hydrogen-bond donors (Lipinski definition) is 1. The number of piperidine rings is 2. The Morgan fingerprint density at radius 1 is 1.25 bits per heavy atom. The zero-order valence-electron chi connectivity index (χ0n) is 19.8. The van der Waals surface area contributed by atoms with Gasteiger partial charge in [-0.15, -0.1) is 0 Å². The first-order valence-corrected chi connectivity index (χ1v) is 12.5. The molecule has 8 rings (SSSR count). The van der Waals surface area contributed by atoms with Crippen molar-refractivity contribution in [3.05, 3.63) is 42.4 Å². The Morgan fingerprint density at radius 2 is 2.11 bits per heavy atom. The van der Waals surface area contributed by atoms with Gasteiger partial charge in [-0.3, -0.25) is 9.69 Å². The van der Waals surface area contributed by atoms with Crippen LogP contribution in [0.2, 0.25) is 0 Å². The monoisotopic (exact) mass is 485 g/mol. The molecule has 10 heteroatoms. The molecule has 5 aliphatic rings. The molecule has 184 valence electrons. The summed E-state index contributed by atoms with van der Waals surface area (Å²) in [6, 6.07) is 8.75. The normalized spacial score (nSPS) is 28.5. The molecule has 7 heterocycles. The molecule has 2 bridgehead atoms. The Labute approximate surface area is 208 Å². The summed E-state index contributed by atoms with van der Waals surface area (Å²) in [7, 11) is 0. The third-order valence-electron chi connectivity index (χ3n) is 8.31. The van der Waals surface area contributed by atoms with E-state index in [9.17, 15) is 15.2 Å². The van der Waals surface area contributed by atoms with Crippen LogP contribution in [-0.2, 0) is 4.79 Å². The zero-order valence-corrected chi connectivity index (χ0v) is 19.8. The van der Waals surface area contributed by atoms with Crippen molar-refractivity contribution in [2.24, 2.45) is 5.92 Å². The van der Waals surface area contributed by atoms with E-state index in [-0.39, 0.29) is 12.1 Å². The fraction of sp³-hybridized carbons (Fsp3) is 0.462. The van der Waals surface area contributed by atoms with Crippen LogP contribution in [-0.4, -0.2) is 92.9 Å². The highest BCUT2D eigenvalue weighted by molar-refractivity contribution is 5.85. The molecular formula is C26H27N7O3. The van der Waals surface area contributed by atoms with Gasteiger partial charge in [-0.2, -0.15) is 10.4 Å². The molecule has 36 heavy (non-hydrogen) atoms. The van der Waals surface area contributed by atoms with Gasteiger partial charge in [0, 0.05) is 56.0 Å². The number of pyridine rings is 2. The molecular weight excluding hydrogens is 458 g/mol. The minimum Gasteiger partial charge on any atom is -0.491 e. The summed E-state index contributed by atoms with van der Waals surface area (Å²) in [5.41, 5.74) is 2.48. The topological polar surface area (TPSA) is 110 Å². The van der Waals surface area contributed by atoms with E-state index in [0.717, 1.165) is 74.4 Å². The number of nitrogens with zero attached hydrogens (tertiary/aromatic N) is 7. The fourth-order valence-electron chi connectivity index (χ4n) is 6.23. The summed E-state index contributed by atoms with van der Waals surface area (Å²) in [5.74, 6) is 1.98. The molecule has 0 spiro atoms. The highest BCUT2D eigenvalue weighted by atomic mass is 16.5. The number of anilines is 1. The quantitative estimate of drug-likeness (QED) is 0.496. The zero-order chi connectivity index (χ0) is 24.4. The number of carbonyl (C=O) groups is 1. The Bertz CT molecular complexity index is 1370. The highest BCUT2D eigenvalue weighted by Crippen LogP contribution is 2.49. The van der Waals surface area contributed by atoms with E-state index in [4.69, 9.17) is 9.72 Å². The molecule has 3 aromatic heterocycles. The van der Waals surface area contributed by atoms with E-state index in [1.807, 2.05) is 29.3 Å². The van der Waals surface area contributed by atoms with E-state index < -0.39 is 5.60 Å². The minimum absolute atomic E-state index is 0.274. The van der Waals surface area contributed by atoms with Crippen LogP contribution in [0, 0.1) is 17.2 Å². The van der Waals surface area contributed by atoms with Gasteiger partial charge in [0.1, 0.15) is 24.2 Å². The second-order valence-electron chi connectivity index (χ2n) is 10.5. The van der Waals surface area contributed by atoms with Crippen molar-refractivity contribution in [3.8, 4) is 22.9 Å². The summed E-state index contributed by atoms with van der Waals surface area (Å²) in [4.78, 5) is 22.3. The second-order valence-corrected chi connectivity index (χ2v) is 10.5. The standard InChI is InChI=1S/C26H27N7O3/c27-8-18-10-29-33-14-22(36-4-3-30-11-19-7-26(19,35)15-30)6-23(25(18)33)17-1-2-24(28-9-17)31-12-20-5-21(13-31)32(20)16-34/h1-2,6,9-10,14,16,19-21,35H,3-5,7,11-13,15H2. The third kappa shape index (κ3) is 3.42. The van der Waals surface area contributed by atoms with Gasteiger partial charge in [0.25, 0.3) is 0 Å². The van der Waals surface area contributed by atoms with Crippen LogP contribution in [0.5, 0.6) is 5.75 Å². The molecule has 1 amide bonds. The van der Waals surface area contributed by atoms with Crippen LogP contribution in [0.4, 0.5) is 5.82 Å². The van der Waals surface area contributed by atoms with Gasteiger partial charge in [0.2, 0.25) is 6.41 Å². The lowest BCUT2D eigenvalue weighted by Gasteiger charge is -2.55. The Balaban J connectivity index is 1.11. The first kappa shape index (κ1) is 21.6. The van der Waals surface area contributed by atoms with Crippen LogP contribution >= 0.6 is 0 Å². The van der Waals surface area contributed by atoms with Gasteiger partial charge < -0.3 is 19.6 Å². The van der Waals surface area contributed by atoms with Crippen LogP contribution in [0.15, 0.2) is 36.8 Å². The number of amides is 1. The molecule has 1 saturated carbocycles. The number of hydrogen-bond acceptors (Lipinski definition) is 8. The molecule has 3 aromatic rings. The molecule has 10 nitrogen and oxygen atoms in total. The number of rotatable bonds is 7. The van der Waals surface area contributed by atoms with E-state index >= 15 is 0 Å². The van der Waals surface area contributed by atoms with Crippen molar-refractivity contribution in [1.82, 2.24) is 24.4 Å². The molecule has 0 radical (unpaired) electrons. The second kappa shape index (κ2) is 7.91. The van der Waals surface area contributed by atoms with Crippen LogP contribution in [0.3, 0.4) is 0 Å². The maximum absolute atomic E-state index is 11.2. The van der Waals surface area contributed by atoms with Gasteiger partial charge in [-0.1, -0.05) is 0 Å². The van der Waals surface area contributed by atoms with E-state index in [2.05, 4.69) is 21.0 Å². The third-order valence-corrected chi connectivity index (χ3v) is 8.31. The number of carbonyl (C=O) groups excluding carboxylic acids is 1. The fourth-order valence-corrected chi connectivity index (χ4v) is 6.23. The van der Waals surface area contributed by atoms with Crippen molar-refractivity contribution in [1.29, 1.82) is 5.26 Å². The number of piperazine rings is 1. The van der Waals surface area contributed by atoms with E-state index in [1.165, 1.54) is 0 Å². The Kier molecular flexibility index (Phi) is 4.75. The maximum atomic E-state index is 11.2. The summed E-state index contributed by atoms with van der Waals surface area (Å²) < 4.78 is 7.78. The lowest BCUT2D eigenvalue weighted by atomic mass is 9.88. The number of aromatic nitrogens is 3. The van der Waals surface area contributed by atoms with Crippen molar-refractivity contribution in [2.45, 2.75) is 30.5 Å². The SMILES string of the molecule is N#Cc1cnn2cc(OCCN3CC4CC4(O)C3)cc(-c3ccc(N4CC5CC(C4)N5C=O)nc3)c12. The molecule has 1 aliphatic carbocycles. The largest absolute Gasteiger partial charge is 0.491 e. The molecule has 4 atom stereocenters. The number of ether oxygens (including phenoxy) is 1. The van der Waals surface area contributed by atoms with Gasteiger partial charge in [-0.05, 0) is 31.0 Å². The number of aliphatic hydroxyl groups is 1. The smallest absolute Gasteiger partial charge is 0.210 e. The molecule has 4 unspecified atom stereocenters. The van der Waals surface area contributed by atoms with Crippen molar-refractivity contribution < 1.29 is 14.6 Å². The molecule has 1 N–H and O–H groups in total. The van der Waals surface area contributed by atoms with Crippen LogP contribution in [0.25, 0.3) is 16.6 Å². The van der Waals surface area contributed by atoms with Gasteiger partial charge in [0.15, 0.2) is 0 Å². The summed E-state index contributed by atoms with van der Waals surface area (Å²) in [5, 5.41) is 24.3. The Morgan fingerprint density at radius 3 is 2.81 bits per heavy atom. The average Bonchev–Trinajstić information content (AvgIpc) is 3.20. The van der Waals surface area contributed by atoms with Gasteiger partial charge >= 0.3 is 0 Å².